The van der Waals surface area contributed by atoms with Gasteiger partial charge in [0.15, 0.2) is 5.82 Å². The van der Waals surface area contributed by atoms with E-state index in [0.29, 0.717) is 6.54 Å². The second-order valence-corrected chi connectivity index (χ2v) is 2.69. The van der Waals surface area contributed by atoms with Gasteiger partial charge in [-0.3, -0.25) is 0 Å². The Balaban J connectivity index is 2.51. The first kappa shape index (κ1) is 11.0. The molecule has 1 aromatic rings. The molecule has 7 heteroatoms. The first-order valence-corrected chi connectivity index (χ1v) is 4.14. The van der Waals surface area contributed by atoms with Crippen molar-refractivity contribution in [3.63, 3.8) is 0 Å². The lowest BCUT2D eigenvalue weighted by Crippen LogP contribution is -2.15. The summed E-state index contributed by atoms with van der Waals surface area (Å²) in [4.78, 5) is 3.19. The molecule has 14 heavy (non-hydrogen) atoms. The lowest BCUT2D eigenvalue weighted by atomic mass is 10.4. The van der Waals surface area contributed by atoms with Crippen molar-refractivity contribution in [2.24, 2.45) is 0 Å². The molecule has 0 amide bonds. The van der Waals surface area contributed by atoms with Crippen LogP contribution < -0.4 is 5.32 Å². The zero-order chi connectivity index (χ0) is 10.6. The van der Waals surface area contributed by atoms with Crippen molar-refractivity contribution in [3.8, 4) is 0 Å². The molecule has 0 radical (unpaired) electrons. The molecule has 0 bridgehead atoms. The second kappa shape index (κ2) is 4.41. The van der Waals surface area contributed by atoms with Crippen LogP contribution in [0, 0.1) is 0 Å². The van der Waals surface area contributed by atoms with E-state index in [1.54, 1.807) is 0 Å². The Bertz CT molecular complexity index is 284. The largest absolute Gasteiger partial charge is 0.471 e. The summed E-state index contributed by atoms with van der Waals surface area (Å²) in [5.41, 5.74) is 0. The molecule has 1 N–H and O–H groups in total. The molecule has 1 rings (SSSR count). The zero-order valence-electron chi connectivity index (χ0n) is 7.56. The molecule has 1 heterocycles. The predicted molar refractivity (Wildman–Crippen MR) is 41.3 cm³/mol. The number of rotatable bonds is 4. The lowest BCUT2D eigenvalue weighted by molar-refractivity contribution is -0.159. The minimum atomic E-state index is -4.56. The fourth-order valence-electron chi connectivity index (χ4n) is 0.818. The number of hydrogen-bond acceptors (Lipinski definition) is 4. The van der Waals surface area contributed by atoms with Gasteiger partial charge in [-0.2, -0.15) is 18.2 Å². The van der Waals surface area contributed by atoms with Crippen molar-refractivity contribution in [2.45, 2.75) is 26.1 Å². The van der Waals surface area contributed by atoms with Crippen LogP contribution in [0.25, 0.3) is 0 Å². The monoisotopic (exact) mass is 209 g/mol. The zero-order valence-corrected chi connectivity index (χ0v) is 7.56. The highest BCUT2D eigenvalue weighted by Crippen LogP contribution is 2.27. The first-order chi connectivity index (χ1) is 6.54. The van der Waals surface area contributed by atoms with E-state index in [0.717, 1.165) is 6.42 Å². The van der Waals surface area contributed by atoms with Crippen LogP contribution in [0.1, 0.15) is 25.1 Å². The van der Waals surface area contributed by atoms with Crippen molar-refractivity contribution in [2.75, 3.05) is 6.54 Å². The number of nitrogens with one attached hydrogen (secondary N) is 1. The Labute approximate surface area is 78.5 Å². The third kappa shape index (κ3) is 2.99. The highest BCUT2D eigenvalue weighted by molar-refractivity contribution is 4.89. The van der Waals surface area contributed by atoms with Crippen molar-refractivity contribution in [1.82, 2.24) is 15.5 Å². The van der Waals surface area contributed by atoms with E-state index in [2.05, 4.69) is 20.0 Å². The quantitative estimate of drug-likeness (QED) is 0.765. The van der Waals surface area contributed by atoms with Crippen LogP contribution in [0.3, 0.4) is 0 Å². The molecule has 0 saturated heterocycles. The van der Waals surface area contributed by atoms with Gasteiger partial charge in [0.25, 0.3) is 0 Å². The van der Waals surface area contributed by atoms with Crippen molar-refractivity contribution >= 4 is 0 Å². The number of halogens is 3. The van der Waals surface area contributed by atoms with Crippen LogP contribution >= 0.6 is 0 Å². The van der Waals surface area contributed by atoms with Gasteiger partial charge in [0.2, 0.25) is 0 Å². The summed E-state index contributed by atoms with van der Waals surface area (Å²) in [6, 6.07) is 0. The summed E-state index contributed by atoms with van der Waals surface area (Å²) in [5, 5.41) is 6.05. The molecular weight excluding hydrogens is 199 g/mol. The molecule has 0 aliphatic rings. The summed E-state index contributed by atoms with van der Waals surface area (Å²) in [6.45, 7) is 2.84. The highest BCUT2D eigenvalue weighted by Gasteiger charge is 2.38. The van der Waals surface area contributed by atoms with Gasteiger partial charge >= 0.3 is 12.1 Å². The Morgan fingerprint density at radius 3 is 2.64 bits per heavy atom. The second-order valence-electron chi connectivity index (χ2n) is 2.69. The summed E-state index contributed by atoms with van der Waals surface area (Å²) in [6.07, 6.45) is -3.67. The van der Waals surface area contributed by atoms with Gasteiger partial charge in [0.05, 0.1) is 6.54 Å². The average Bonchev–Trinajstić information content (AvgIpc) is 2.52. The van der Waals surface area contributed by atoms with E-state index in [9.17, 15) is 13.2 Å². The Morgan fingerprint density at radius 2 is 2.14 bits per heavy atom. The average molecular weight is 209 g/mol. The molecule has 0 atom stereocenters. The minimum Gasteiger partial charge on any atom is -0.329 e. The van der Waals surface area contributed by atoms with Gasteiger partial charge in [-0.15, -0.1) is 0 Å². The third-order valence-corrected chi connectivity index (χ3v) is 1.42. The van der Waals surface area contributed by atoms with Crippen molar-refractivity contribution in [3.05, 3.63) is 11.7 Å². The highest BCUT2D eigenvalue weighted by atomic mass is 19.4. The van der Waals surface area contributed by atoms with Crippen LogP contribution in [0.5, 0.6) is 0 Å². The SMILES string of the molecule is CCCNCc1noc(C(F)(F)F)n1. The van der Waals surface area contributed by atoms with Crippen LogP contribution in [0.2, 0.25) is 0 Å². The van der Waals surface area contributed by atoms with Crippen LogP contribution in [0.4, 0.5) is 13.2 Å². The fraction of sp³-hybridized carbons (Fsp3) is 0.714. The summed E-state index contributed by atoms with van der Waals surface area (Å²) in [7, 11) is 0. The molecule has 0 spiro atoms. The van der Waals surface area contributed by atoms with Crippen molar-refractivity contribution in [1.29, 1.82) is 0 Å². The van der Waals surface area contributed by atoms with Crippen LogP contribution in [-0.4, -0.2) is 16.7 Å². The van der Waals surface area contributed by atoms with Gasteiger partial charge in [0.1, 0.15) is 0 Å². The predicted octanol–water partition coefficient (Wildman–Crippen LogP) is 1.59. The normalized spacial score (nSPS) is 12.0. The third-order valence-electron chi connectivity index (χ3n) is 1.42. The molecule has 4 nitrogen and oxygen atoms in total. The van der Waals surface area contributed by atoms with Gasteiger partial charge in [-0.25, -0.2) is 0 Å². The Morgan fingerprint density at radius 1 is 1.43 bits per heavy atom. The van der Waals surface area contributed by atoms with Gasteiger partial charge in [0, 0.05) is 0 Å². The maximum absolute atomic E-state index is 12.0. The molecule has 0 aromatic carbocycles. The minimum absolute atomic E-state index is 0.0192. The topological polar surface area (TPSA) is 51.0 Å². The summed E-state index contributed by atoms with van der Waals surface area (Å²) in [5.74, 6) is -1.28. The molecule has 0 saturated carbocycles. The Hall–Kier alpha value is -1.11. The van der Waals surface area contributed by atoms with E-state index in [-0.39, 0.29) is 12.4 Å². The van der Waals surface area contributed by atoms with Crippen LogP contribution in [0.15, 0.2) is 4.52 Å². The number of hydrogen-bond donors (Lipinski definition) is 1. The number of alkyl halides is 3. The fourth-order valence-corrected chi connectivity index (χ4v) is 0.818. The maximum atomic E-state index is 12.0. The lowest BCUT2D eigenvalue weighted by Gasteiger charge is -1.97. The van der Waals surface area contributed by atoms with Gasteiger partial charge in [-0.1, -0.05) is 12.1 Å². The van der Waals surface area contributed by atoms with E-state index in [1.807, 2.05) is 6.92 Å². The molecular formula is C7H10F3N3O. The number of aromatic nitrogens is 2. The molecule has 1 aromatic heterocycles. The summed E-state index contributed by atoms with van der Waals surface area (Å²) >= 11 is 0. The molecule has 0 fully saturated rings. The molecule has 0 aliphatic carbocycles. The molecule has 0 aliphatic heterocycles. The smallest absolute Gasteiger partial charge is 0.329 e. The van der Waals surface area contributed by atoms with E-state index >= 15 is 0 Å². The molecule has 0 unspecified atom stereocenters. The van der Waals surface area contributed by atoms with Gasteiger partial charge < -0.3 is 9.84 Å². The first-order valence-electron chi connectivity index (χ1n) is 4.14. The van der Waals surface area contributed by atoms with E-state index in [1.165, 1.54) is 0 Å². The summed E-state index contributed by atoms with van der Waals surface area (Å²) < 4.78 is 40.0. The Kier molecular flexibility index (Phi) is 3.45. The standard InChI is InChI=1S/C7H10F3N3O/c1-2-3-11-4-5-12-6(14-13-5)7(8,9)10/h11H,2-4H2,1H3. The maximum Gasteiger partial charge on any atom is 0.471 e. The van der Waals surface area contributed by atoms with Gasteiger partial charge in [-0.05, 0) is 13.0 Å². The van der Waals surface area contributed by atoms with E-state index in [4.69, 9.17) is 0 Å². The van der Waals surface area contributed by atoms with Crippen LogP contribution in [-0.2, 0) is 12.7 Å². The number of nitrogens with zero attached hydrogens (tertiary/aromatic N) is 2. The molecule has 80 valence electrons. The van der Waals surface area contributed by atoms with E-state index < -0.39 is 12.1 Å². The van der Waals surface area contributed by atoms with Crippen molar-refractivity contribution < 1.29 is 17.7 Å².